The minimum atomic E-state index is -3.85. The van der Waals surface area contributed by atoms with Crippen LogP contribution in [0.2, 0.25) is 0 Å². The normalized spacial score (nSPS) is 17.3. The Morgan fingerprint density at radius 1 is 1.02 bits per heavy atom. The number of aliphatic hydroxyl groups excluding tert-OH is 1. The topological polar surface area (TPSA) is 116 Å². The van der Waals surface area contributed by atoms with Crippen LogP contribution >= 0.6 is 0 Å². The summed E-state index contributed by atoms with van der Waals surface area (Å²) in [5.41, 5.74) is 1.52. The number of hydrogen-bond acceptors (Lipinski definition) is 6. The number of aryl methyl sites for hydroxylation is 1. The molecule has 43 heavy (non-hydrogen) atoms. The zero-order valence-corrected chi connectivity index (χ0v) is 25.5. The van der Waals surface area contributed by atoms with Gasteiger partial charge >= 0.3 is 5.97 Å². The lowest BCUT2D eigenvalue weighted by molar-refractivity contribution is -0.161. The predicted octanol–water partition coefficient (Wildman–Crippen LogP) is 7.39. The van der Waals surface area contributed by atoms with Crippen molar-refractivity contribution in [2.75, 3.05) is 4.72 Å². The van der Waals surface area contributed by atoms with E-state index in [-0.39, 0.29) is 34.9 Å². The quantitative estimate of drug-likeness (QED) is 0.208. The molecule has 1 unspecified atom stereocenters. The number of anilines is 1. The summed E-state index contributed by atoms with van der Waals surface area (Å²) in [6.07, 6.45) is 3.50. The number of aliphatic hydroxyl groups is 1. The highest BCUT2D eigenvalue weighted by Gasteiger charge is 2.42. The first-order valence-electron chi connectivity index (χ1n) is 14.3. The first-order valence-corrected chi connectivity index (χ1v) is 15.8. The van der Waals surface area contributed by atoms with E-state index in [0.29, 0.717) is 36.9 Å². The third kappa shape index (κ3) is 8.23. The summed E-state index contributed by atoms with van der Waals surface area (Å²) < 4.78 is 47.7. The largest absolute Gasteiger partial charge is 0.512 e. The molecule has 0 aliphatic carbocycles. The molecule has 226 valence electrons. The van der Waals surface area contributed by atoms with Crippen LogP contribution in [0.4, 0.5) is 10.1 Å². The Bertz CT molecular complexity index is 1640. The van der Waals surface area contributed by atoms with E-state index in [0.717, 1.165) is 17.5 Å². The number of cyclic esters (lactones) is 1. The van der Waals surface area contributed by atoms with Gasteiger partial charge in [-0.25, -0.2) is 17.6 Å². The van der Waals surface area contributed by atoms with E-state index in [1.807, 2.05) is 32.9 Å². The predicted molar refractivity (Wildman–Crippen MR) is 163 cm³/mol. The van der Waals surface area contributed by atoms with Crippen LogP contribution in [0.5, 0.6) is 0 Å². The molecule has 7 nitrogen and oxygen atoms in total. The summed E-state index contributed by atoms with van der Waals surface area (Å²) in [6, 6.07) is 20.9. The van der Waals surface area contributed by atoms with Gasteiger partial charge in [-0.05, 0) is 97.2 Å². The van der Waals surface area contributed by atoms with E-state index in [1.54, 1.807) is 30.3 Å². The van der Waals surface area contributed by atoms with Gasteiger partial charge < -0.3 is 9.84 Å². The van der Waals surface area contributed by atoms with Gasteiger partial charge in [0.25, 0.3) is 10.0 Å². The second-order valence-corrected chi connectivity index (χ2v) is 13.7. The van der Waals surface area contributed by atoms with E-state index in [9.17, 15) is 22.7 Å². The second kappa shape index (κ2) is 13.0. The van der Waals surface area contributed by atoms with E-state index in [4.69, 9.17) is 10.00 Å². The number of esters is 1. The van der Waals surface area contributed by atoms with E-state index in [2.05, 4.69) is 4.72 Å². The number of nitriles is 1. The van der Waals surface area contributed by atoms with E-state index < -0.39 is 27.0 Å². The first-order chi connectivity index (χ1) is 20.3. The summed E-state index contributed by atoms with van der Waals surface area (Å²) >= 11 is 0. The van der Waals surface area contributed by atoms with Crippen LogP contribution in [-0.2, 0) is 32.4 Å². The van der Waals surface area contributed by atoms with Crippen LogP contribution in [0.15, 0.2) is 89.0 Å². The van der Waals surface area contributed by atoms with E-state index in [1.165, 1.54) is 36.4 Å². The standard InChI is InChI=1S/C34H37FN2O5S/c1-4-17-34(18-16-24-8-12-27(35)13-9-24)22-31(38)30(32(39)42-34)21-33(2,3)20-26-6-5-7-28(19-26)37-43(40,41)29-14-10-25(23-36)11-15-29/h5-15,19,37-38H,4,16-18,20-22H2,1-3H3. The molecule has 4 rings (SSSR count). The fourth-order valence-corrected chi connectivity index (χ4v) is 6.69. The molecule has 0 bridgehead atoms. The molecule has 1 aliphatic rings. The van der Waals surface area contributed by atoms with Gasteiger partial charge in [0.05, 0.1) is 22.1 Å². The molecular formula is C34H37FN2O5S. The number of nitrogens with one attached hydrogen (secondary N) is 1. The average Bonchev–Trinajstić information content (AvgIpc) is 2.95. The Balaban J connectivity index is 1.45. The molecule has 1 aliphatic heterocycles. The van der Waals surface area contributed by atoms with Crippen molar-refractivity contribution in [3.05, 3.63) is 107 Å². The van der Waals surface area contributed by atoms with Crippen LogP contribution in [0.25, 0.3) is 0 Å². The summed E-state index contributed by atoms with van der Waals surface area (Å²) in [4.78, 5) is 13.3. The Morgan fingerprint density at radius 2 is 1.72 bits per heavy atom. The number of carbonyl (C=O) groups is 1. The molecule has 3 aromatic rings. The molecule has 0 amide bonds. The van der Waals surface area contributed by atoms with Gasteiger partial charge in [-0.1, -0.05) is 51.5 Å². The zero-order chi connectivity index (χ0) is 31.3. The van der Waals surface area contributed by atoms with Gasteiger partial charge in [0.1, 0.15) is 17.2 Å². The Morgan fingerprint density at radius 3 is 2.35 bits per heavy atom. The van der Waals surface area contributed by atoms with Crippen LogP contribution in [0.3, 0.4) is 0 Å². The Kier molecular flexibility index (Phi) is 9.61. The number of carbonyl (C=O) groups excluding carboxylic acids is 1. The number of ether oxygens (including phenoxy) is 1. The molecule has 0 spiro atoms. The van der Waals surface area contributed by atoms with Crippen molar-refractivity contribution in [2.24, 2.45) is 5.41 Å². The zero-order valence-electron chi connectivity index (χ0n) is 24.7. The first kappa shape index (κ1) is 31.8. The van der Waals surface area contributed by atoms with Crippen LogP contribution in [0, 0.1) is 22.6 Å². The third-order valence-corrected chi connectivity index (χ3v) is 9.09. The molecule has 1 heterocycles. The number of benzene rings is 3. The van der Waals surface area contributed by atoms with Crippen molar-refractivity contribution in [1.82, 2.24) is 0 Å². The maximum atomic E-state index is 13.3. The van der Waals surface area contributed by atoms with Crippen molar-refractivity contribution in [3.8, 4) is 6.07 Å². The molecule has 0 saturated carbocycles. The van der Waals surface area contributed by atoms with Gasteiger partial charge in [-0.3, -0.25) is 4.72 Å². The minimum Gasteiger partial charge on any atom is -0.512 e. The number of sulfonamides is 1. The van der Waals surface area contributed by atoms with E-state index >= 15 is 0 Å². The van der Waals surface area contributed by atoms with Gasteiger partial charge in [0.15, 0.2) is 0 Å². The lowest BCUT2D eigenvalue weighted by Gasteiger charge is -2.38. The highest BCUT2D eigenvalue weighted by Crippen LogP contribution is 2.41. The Labute approximate surface area is 253 Å². The number of hydrogen-bond donors (Lipinski definition) is 2. The van der Waals surface area contributed by atoms with Crippen molar-refractivity contribution < 1.29 is 27.4 Å². The maximum absolute atomic E-state index is 13.3. The summed E-state index contributed by atoms with van der Waals surface area (Å²) in [6.45, 7) is 5.97. The highest BCUT2D eigenvalue weighted by atomic mass is 32.2. The van der Waals surface area contributed by atoms with Gasteiger partial charge in [-0.15, -0.1) is 0 Å². The summed E-state index contributed by atoms with van der Waals surface area (Å²) in [5, 5.41) is 20.1. The van der Waals surface area contributed by atoms with Gasteiger partial charge in [0, 0.05) is 12.1 Å². The SMILES string of the molecule is CCCC1(CCc2ccc(F)cc2)CC(O)=C(CC(C)(C)Cc2cccc(NS(=O)(=O)c3ccc(C#N)cc3)c2)C(=O)O1. The third-order valence-electron chi connectivity index (χ3n) is 7.69. The molecule has 0 aromatic heterocycles. The molecule has 0 fully saturated rings. The maximum Gasteiger partial charge on any atom is 0.337 e. The smallest absolute Gasteiger partial charge is 0.337 e. The molecule has 2 N–H and O–H groups in total. The van der Waals surface area contributed by atoms with Gasteiger partial charge in [-0.2, -0.15) is 5.26 Å². The molecule has 0 saturated heterocycles. The van der Waals surface area contributed by atoms with Crippen molar-refractivity contribution in [3.63, 3.8) is 0 Å². The average molecular weight is 605 g/mol. The highest BCUT2D eigenvalue weighted by molar-refractivity contribution is 7.92. The molecule has 0 radical (unpaired) electrons. The fourth-order valence-electron chi connectivity index (χ4n) is 5.64. The van der Waals surface area contributed by atoms with Crippen LogP contribution in [-0.4, -0.2) is 25.1 Å². The van der Waals surface area contributed by atoms with Crippen LogP contribution < -0.4 is 4.72 Å². The monoisotopic (exact) mass is 604 g/mol. The number of nitrogens with zero attached hydrogens (tertiary/aromatic N) is 1. The molecule has 1 atom stereocenters. The van der Waals surface area contributed by atoms with Gasteiger partial charge in [0.2, 0.25) is 0 Å². The molecule has 9 heteroatoms. The molecular weight excluding hydrogens is 567 g/mol. The minimum absolute atomic E-state index is 0.0424. The fraction of sp³-hybridized carbons (Fsp3) is 0.353. The number of rotatable bonds is 12. The lowest BCUT2D eigenvalue weighted by Crippen LogP contribution is -2.41. The molecule has 3 aromatic carbocycles. The van der Waals surface area contributed by atoms with Crippen molar-refractivity contribution in [2.45, 2.75) is 76.2 Å². The van der Waals surface area contributed by atoms with Crippen LogP contribution in [0.1, 0.15) is 69.6 Å². The Hall–Kier alpha value is -4.16. The second-order valence-electron chi connectivity index (χ2n) is 12.0. The summed E-state index contributed by atoms with van der Waals surface area (Å²) in [7, 11) is -3.85. The van der Waals surface area contributed by atoms with Crippen molar-refractivity contribution in [1.29, 1.82) is 5.26 Å². The lowest BCUT2D eigenvalue weighted by atomic mass is 9.77. The van der Waals surface area contributed by atoms with Crippen molar-refractivity contribution >= 4 is 21.7 Å². The number of halogens is 1. The summed E-state index contributed by atoms with van der Waals surface area (Å²) in [5.74, 6) is -0.783.